The van der Waals surface area contributed by atoms with Crippen LogP contribution >= 0.6 is 0 Å². The van der Waals surface area contributed by atoms with Gasteiger partial charge in [0, 0.05) is 5.56 Å². The van der Waals surface area contributed by atoms with Gasteiger partial charge in [0.1, 0.15) is 11.9 Å². The third-order valence-corrected chi connectivity index (χ3v) is 11.8. The van der Waals surface area contributed by atoms with Crippen molar-refractivity contribution in [2.45, 2.75) is 138 Å². The molecule has 2 bridgehead atoms. The van der Waals surface area contributed by atoms with Gasteiger partial charge in [-0.3, -0.25) is 9.59 Å². The standard InChI is InChI=1S/C43H60O7/c1-26(2)12-11-13-29(7)14-16-31-25-42(22-18-27(3)4)37(47)35(36(46)30-15-17-32(44)33(45)24-30)38-43(39(42)48,23-19-28(5)6)41(31,10)21-20-34(50-38)40(8,9)49/h12,14-15,17-19,24,31,34,38,44-46,49H,11,13,16,20-23,25H2,1-10H3/b29-14+,36-35+/t31-,34-,38?,41+,42+,43-/m1/s1. The van der Waals surface area contributed by atoms with Crippen molar-refractivity contribution < 1.29 is 34.8 Å². The SMILES string of the molecule is CC(C)=CCC/C(C)=C/C[C@@H]1C[C@@]2(CC=C(C)C)C(=O)/C(=C(\O)c3ccc(O)c(O)c3)C3O[C@@H](C(C)(C)O)CC[C@]1(C)[C@@]3(CC=C(C)C)C2=O. The molecule has 1 aromatic carbocycles. The number of phenolic OH excluding ortho intramolecular Hbond substituents is 2. The molecule has 2 aliphatic carbocycles. The van der Waals surface area contributed by atoms with Crippen LogP contribution in [0.4, 0.5) is 0 Å². The lowest BCUT2D eigenvalue weighted by atomic mass is 9.37. The number of aliphatic hydroxyl groups is 2. The smallest absolute Gasteiger partial charge is 0.179 e. The quantitative estimate of drug-likeness (QED) is 0.0600. The molecular formula is C43H60O7. The monoisotopic (exact) mass is 688 g/mol. The van der Waals surface area contributed by atoms with E-state index < -0.39 is 51.3 Å². The molecule has 1 aliphatic heterocycles. The minimum atomic E-state index is -1.46. The molecule has 1 heterocycles. The zero-order valence-corrected chi connectivity index (χ0v) is 31.9. The Hall–Kier alpha value is -3.42. The van der Waals surface area contributed by atoms with E-state index in [0.717, 1.165) is 24.0 Å². The molecule has 7 nitrogen and oxygen atoms in total. The number of aromatic hydroxyl groups is 2. The summed E-state index contributed by atoms with van der Waals surface area (Å²) in [5.41, 5.74) is -0.0392. The largest absolute Gasteiger partial charge is 0.507 e. The highest BCUT2D eigenvalue weighted by molar-refractivity contribution is 6.23. The van der Waals surface area contributed by atoms with E-state index in [1.807, 2.05) is 33.8 Å². The van der Waals surface area contributed by atoms with Gasteiger partial charge in [-0.25, -0.2) is 0 Å². The van der Waals surface area contributed by atoms with E-state index in [4.69, 9.17) is 4.74 Å². The maximum atomic E-state index is 15.7. The summed E-state index contributed by atoms with van der Waals surface area (Å²) >= 11 is 0. The second-order valence-corrected chi connectivity index (χ2v) is 16.8. The van der Waals surface area contributed by atoms with Crippen LogP contribution in [-0.2, 0) is 14.3 Å². The molecule has 50 heavy (non-hydrogen) atoms. The molecule has 0 spiro atoms. The van der Waals surface area contributed by atoms with Crippen molar-refractivity contribution in [1.29, 1.82) is 0 Å². The lowest BCUT2D eigenvalue weighted by Gasteiger charge is -2.64. The number of Topliss-reactive ketones (excluding diaryl/α,β-unsaturated/α-hetero) is 2. The number of rotatable bonds is 11. The van der Waals surface area contributed by atoms with E-state index in [0.29, 0.717) is 32.1 Å². The normalized spacial score (nSPS) is 30.7. The van der Waals surface area contributed by atoms with Gasteiger partial charge in [0.2, 0.25) is 0 Å². The Labute approximate surface area is 299 Å². The number of carbonyl (C=O) groups is 2. The molecule has 3 aliphatic rings. The minimum Gasteiger partial charge on any atom is -0.507 e. The number of hydrogen-bond donors (Lipinski definition) is 4. The first-order chi connectivity index (χ1) is 23.2. The summed E-state index contributed by atoms with van der Waals surface area (Å²) in [6, 6.07) is 3.92. The molecule has 7 heteroatoms. The van der Waals surface area contributed by atoms with Gasteiger partial charge in [-0.2, -0.15) is 0 Å². The third kappa shape index (κ3) is 7.18. The molecule has 1 saturated heterocycles. The van der Waals surface area contributed by atoms with Crippen molar-refractivity contribution >= 4 is 17.3 Å². The first-order valence-corrected chi connectivity index (χ1v) is 18.2. The maximum Gasteiger partial charge on any atom is 0.179 e. The number of fused-ring (bicyclic) bond motifs is 1. The number of carbonyl (C=O) groups excluding carboxylic acids is 2. The number of hydrogen-bond acceptors (Lipinski definition) is 7. The Morgan fingerprint density at radius 3 is 2.12 bits per heavy atom. The van der Waals surface area contributed by atoms with E-state index in [2.05, 4.69) is 45.9 Å². The molecule has 0 radical (unpaired) electrons. The fourth-order valence-electron chi connectivity index (χ4n) is 8.70. The predicted octanol–water partition coefficient (Wildman–Crippen LogP) is 9.63. The van der Waals surface area contributed by atoms with Crippen LogP contribution in [0.5, 0.6) is 11.5 Å². The third-order valence-electron chi connectivity index (χ3n) is 11.8. The van der Waals surface area contributed by atoms with Gasteiger partial charge in [-0.1, -0.05) is 53.5 Å². The molecule has 4 N–H and O–H groups in total. The summed E-state index contributed by atoms with van der Waals surface area (Å²) in [5.74, 6) is -1.90. The van der Waals surface area contributed by atoms with Gasteiger partial charge in [-0.15, -0.1) is 0 Å². The van der Waals surface area contributed by atoms with Crippen LogP contribution in [0.15, 0.2) is 70.4 Å². The summed E-state index contributed by atoms with van der Waals surface area (Å²) < 4.78 is 6.92. The van der Waals surface area contributed by atoms with Gasteiger partial charge in [0.15, 0.2) is 23.1 Å². The van der Waals surface area contributed by atoms with Crippen molar-refractivity contribution in [2.24, 2.45) is 22.2 Å². The highest BCUT2D eigenvalue weighted by Gasteiger charge is 2.75. The molecule has 3 fully saturated rings. The topological polar surface area (TPSA) is 124 Å². The summed E-state index contributed by atoms with van der Waals surface area (Å²) in [4.78, 5) is 31.0. The number of ether oxygens (including phenoxy) is 1. The number of aliphatic hydroxyl groups excluding tert-OH is 1. The molecule has 6 atom stereocenters. The Kier molecular flexibility index (Phi) is 11.6. The number of ketones is 2. The van der Waals surface area contributed by atoms with Crippen LogP contribution in [0.2, 0.25) is 0 Å². The van der Waals surface area contributed by atoms with E-state index in [1.54, 1.807) is 13.8 Å². The van der Waals surface area contributed by atoms with Crippen molar-refractivity contribution in [3.8, 4) is 11.5 Å². The van der Waals surface area contributed by atoms with Crippen molar-refractivity contribution in [3.63, 3.8) is 0 Å². The van der Waals surface area contributed by atoms with Gasteiger partial charge >= 0.3 is 0 Å². The number of allylic oxidation sites excluding steroid dienone is 8. The lowest BCUT2D eigenvalue weighted by molar-refractivity contribution is -0.199. The summed E-state index contributed by atoms with van der Waals surface area (Å²) in [6.45, 7) is 19.8. The zero-order valence-electron chi connectivity index (χ0n) is 31.9. The van der Waals surface area contributed by atoms with Crippen LogP contribution < -0.4 is 0 Å². The highest BCUT2D eigenvalue weighted by atomic mass is 16.5. The van der Waals surface area contributed by atoms with Crippen molar-refractivity contribution in [1.82, 2.24) is 0 Å². The Bertz CT molecular complexity index is 1640. The zero-order chi connectivity index (χ0) is 37.4. The predicted molar refractivity (Wildman–Crippen MR) is 200 cm³/mol. The van der Waals surface area contributed by atoms with Crippen LogP contribution in [0, 0.1) is 22.2 Å². The second kappa shape index (κ2) is 14.7. The van der Waals surface area contributed by atoms with Gasteiger partial charge in [0.05, 0.1) is 28.1 Å². The maximum absolute atomic E-state index is 15.7. The van der Waals surface area contributed by atoms with E-state index >= 15 is 9.59 Å². The van der Waals surface area contributed by atoms with Crippen LogP contribution in [-0.4, -0.2) is 49.8 Å². The van der Waals surface area contributed by atoms with Crippen molar-refractivity contribution in [3.05, 3.63) is 75.9 Å². The molecule has 4 rings (SSSR count). The van der Waals surface area contributed by atoms with E-state index in [9.17, 15) is 20.4 Å². The number of phenols is 2. The molecule has 0 aromatic heterocycles. The average Bonchev–Trinajstić information content (AvgIpc) is 3.16. The molecular weight excluding hydrogens is 628 g/mol. The fourth-order valence-corrected chi connectivity index (χ4v) is 8.70. The molecule has 0 amide bonds. The summed E-state index contributed by atoms with van der Waals surface area (Å²) in [5, 5.41) is 44.1. The van der Waals surface area contributed by atoms with Crippen LogP contribution in [0.25, 0.3) is 5.76 Å². The summed E-state index contributed by atoms with van der Waals surface area (Å²) in [6.07, 6.45) is 11.0. The summed E-state index contributed by atoms with van der Waals surface area (Å²) in [7, 11) is 0. The second-order valence-electron chi connectivity index (χ2n) is 16.8. The van der Waals surface area contributed by atoms with Gasteiger partial charge < -0.3 is 25.2 Å². The number of benzene rings is 1. The fraction of sp³-hybridized carbons (Fsp3) is 0.581. The van der Waals surface area contributed by atoms with E-state index in [1.165, 1.54) is 29.3 Å². The lowest BCUT2D eigenvalue weighted by Crippen LogP contribution is -2.71. The first-order valence-electron chi connectivity index (χ1n) is 18.2. The molecule has 2 saturated carbocycles. The first kappa shape index (κ1) is 39.4. The van der Waals surface area contributed by atoms with Crippen molar-refractivity contribution in [2.75, 3.05) is 0 Å². The van der Waals surface area contributed by atoms with Crippen LogP contribution in [0.3, 0.4) is 0 Å². The average molecular weight is 689 g/mol. The molecule has 274 valence electrons. The molecule has 1 aromatic rings. The minimum absolute atomic E-state index is 0.00623. The highest BCUT2D eigenvalue weighted by Crippen LogP contribution is 2.70. The Balaban J connectivity index is 2.10. The van der Waals surface area contributed by atoms with Crippen LogP contribution in [0.1, 0.15) is 126 Å². The van der Waals surface area contributed by atoms with Gasteiger partial charge in [-0.05, 0) is 143 Å². The Morgan fingerprint density at radius 2 is 1.54 bits per heavy atom. The Morgan fingerprint density at radius 1 is 0.920 bits per heavy atom. The molecule has 1 unspecified atom stereocenters. The van der Waals surface area contributed by atoms with E-state index in [-0.39, 0.29) is 35.0 Å². The van der Waals surface area contributed by atoms with Gasteiger partial charge in [0.25, 0.3) is 0 Å².